The standard InChI is InChI=1S/C12H16BrNO3S/c1-7(2)12(3,6-10(15)16)14-11(17)8-4-5-9(13)18-8/h4-5,7H,6H2,1-3H3,(H,14,17)(H,15,16). The molecule has 6 heteroatoms. The van der Waals surface area contributed by atoms with Crippen molar-refractivity contribution in [3.63, 3.8) is 0 Å². The maximum atomic E-state index is 12.0. The highest BCUT2D eigenvalue weighted by atomic mass is 79.9. The average Bonchev–Trinajstić information content (AvgIpc) is 2.63. The predicted octanol–water partition coefficient (Wildman–Crippen LogP) is 3.13. The Balaban J connectivity index is 2.84. The number of hydrogen-bond acceptors (Lipinski definition) is 3. The smallest absolute Gasteiger partial charge is 0.305 e. The van der Waals surface area contributed by atoms with E-state index in [1.54, 1.807) is 19.1 Å². The highest BCUT2D eigenvalue weighted by Gasteiger charge is 2.33. The van der Waals surface area contributed by atoms with Gasteiger partial charge >= 0.3 is 5.97 Å². The second-order valence-electron chi connectivity index (χ2n) is 4.70. The average molecular weight is 334 g/mol. The molecule has 0 aliphatic heterocycles. The molecule has 1 rings (SSSR count). The number of thiophene rings is 1. The fraction of sp³-hybridized carbons (Fsp3) is 0.500. The molecule has 0 radical (unpaired) electrons. The SMILES string of the molecule is CC(C)C(C)(CC(=O)O)NC(=O)c1ccc(Br)s1. The molecular weight excluding hydrogens is 318 g/mol. The molecule has 4 nitrogen and oxygen atoms in total. The number of carboxylic acid groups (broad SMARTS) is 1. The van der Waals surface area contributed by atoms with Crippen LogP contribution >= 0.6 is 27.3 Å². The van der Waals surface area contributed by atoms with Crippen LogP contribution in [-0.2, 0) is 4.79 Å². The lowest BCUT2D eigenvalue weighted by atomic mass is 9.85. The summed E-state index contributed by atoms with van der Waals surface area (Å²) in [7, 11) is 0. The minimum absolute atomic E-state index is 0.0287. The zero-order valence-corrected chi connectivity index (χ0v) is 12.9. The summed E-state index contributed by atoms with van der Waals surface area (Å²) in [4.78, 5) is 23.5. The van der Waals surface area contributed by atoms with Gasteiger partial charge in [-0.05, 0) is 40.9 Å². The van der Waals surface area contributed by atoms with Gasteiger partial charge in [0.1, 0.15) is 0 Å². The summed E-state index contributed by atoms with van der Waals surface area (Å²) in [6.45, 7) is 5.55. The quantitative estimate of drug-likeness (QED) is 0.869. The first-order valence-corrected chi connectivity index (χ1v) is 7.15. The van der Waals surface area contributed by atoms with Crippen LogP contribution in [-0.4, -0.2) is 22.5 Å². The van der Waals surface area contributed by atoms with Crippen LogP contribution in [0, 0.1) is 5.92 Å². The Morgan fingerprint density at radius 3 is 2.50 bits per heavy atom. The monoisotopic (exact) mass is 333 g/mol. The molecule has 1 heterocycles. The zero-order valence-electron chi connectivity index (χ0n) is 10.5. The van der Waals surface area contributed by atoms with Gasteiger partial charge in [-0.1, -0.05) is 13.8 Å². The van der Waals surface area contributed by atoms with Crippen LogP contribution in [0.3, 0.4) is 0 Å². The maximum Gasteiger partial charge on any atom is 0.305 e. The molecule has 1 atom stereocenters. The minimum atomic E-state index is -0.918. The van der Waals surface area contributed by atoms with Gasteiger partial charge in [-0.15, -0.1) is 11.3 Å². The molecule has 18 heavy (non-hydrogen) atoms. The normalized spacial score (nSPS) is 14.3. The van der Waals surface area contributed by atoms with E-state index >= 15 is 0 Å². The van der Waals surface area contributed by atoms with Crippen molar-refractivity contribution in [2.75, 3.05) is 0 Å². The Morgan fingerprint density at radius 1 is 1.50 bits per heavy atom. The summed E-state index contributed by atoms with van der Waals surface area (Å²) in [5.41, 5.74) is -0.751. The van der Waals surface area contributed by atoms with Gasteiger partial charge in [-0.25, -0.2) is 0 Å². The first-order valence-electron chi connectivity index (χ1n) is 5.54. The molecule has 0 saturated heterocycles. The van der Waals surface area contributed by atoms with Gasteiger partial charge in [-0.3, -0.25) is 9.59 Å². The lowest BCUT2D eigenvalue weighted by Gasteiger charge is -2.33. The molecule has 1 aromatic heterocycles. The van der Waals surface area contributed by atoms with Crippen molar-refractivity contribution in [2.45, 2.75) is 32.7 Å². The van der Waals surface area contributed by atoms with Crippen LogP contribution in [0.15, 0.2) is 15.9 Å². The van der Waals surface area contributed by atoms with E-state index in [0.29, 0.717) is 4.88 Å². The zero-order chi connectivity index (χ0) is 13.9. The van der Waals surface area contributed by atoms with E-state index in [1.807, 2.05) is 13.8 Å². The third kappa shape index (κ3) is 3.81. The van der Waals surface area contributed by atoms with Gasteiger partial charge in [0.15, 0.2) is 0 Å². The molecule has 0 spiro atoms. The van der Waals surface area contributed by atoms with Crippen molar-refractivity contribution in [3.05, 3.63) is 20.8 Å². The molecule has 0 fully saturated rings. The Kier molecular flexibility index (Phi) is 4.92. The van der Waals surface area contributed by atoms with Crippen molar-refractivity contribution in [2.24, 2.45) is 5.92 Å². The summed E-state index contributed by atoms with van der Waals surface area (Å²) in [5.74, 6) is -1.12. The number of rotatable bonds is 5. The second kappa shape index (κ2) is 5.84. The number of halogens is 1. The summed E-state index contributed by atoms with van der Waals surface area (Å²) >= 11 is 4.62. The number of aliphatic carboxylic acids is 1. The second-order valence-corrected chi connectivity index (χ2v) is 7.16. The molecule has 0 aliphatic carbocycles. The Morgan fingerprint density at radius 2 is 2.11 bits per heavy atom. The van der Waals surface area contributed by atoms with Gasteiger partial charge in [0.2, 0.25) is 0 Å². The third-order valence-electron chi connectivity index (χ3n) is 2.99. The number of hydrogen-bond donors (Lipinski definition) is 2. The predicted molar refractivity (Wildman–Crippen MR) is 75.0 cm³/mol. The Hall–Kier alpha value is -0.880. The van der Waals surface area contributed by atoms with E-state index in [1.165, 1.54) is 11.3 Å². The van der Waals surface area contributed by atoms with E-state index in [0.717, 1.165) is 3.79 Å². The number of carbonyl (C=O) groups is 2. The van der Waals surface area contributed by atoms with Crippen LogP contribution in [0.5, 0.6) is 0 Å². The van der Waals surface area contributed by atoms with Gasteiger partial charge < -0.3 is 10.4 Å². The number of carboxylic acids is 1. The van der Waals surface area contributed by atoms with E-state index in [4.69, 9.17) is 5.11 Å². The summed E-state index contributed by atoms with van der Waals surface area (Å²) in [6, 6.07) is 3.51. The van der Waals surface area contributed by atoms with Crippen LogP contribution < -0.4 is 5.32 Å². The number of nitrogens with one attached hydrogen (secondary N) is 1. The molecule has 100 valence electrons. The molecule has 0 aromatic carbocycles. The van der Waals surface area contributed by atoms with Crippen LogP contribution in [0.25, 0.3) is 0 Å². The van der Waals surface area contributed by atoms with Gasteiger partial charge in [0.25, 0.3) is 5.91 Å². The summed E-state index contributed by atoms with van der Waals surface area (Å²) in [5, 5.41) is 11.8. The molecule has 0 aliphatic rings. The first-order chi connectivity index (χ1) is 8.24. The third-order valence-corrected chi connectivity index (χ3v) is 4.61. The Bertz CT molecular complexity index is 458. The van der Waals surface area contributed by atoms with Crippen LogP contribution in [0.2, 0.25) is 0 Å². The largest absolute Gasteiger partial charge is 0.481 e. The Labute approximate surface area is 119 Å². The van der Waals surface area contributed by atoms with Gasteiger partial charge in [0.05, 0.1) is 20.6 Å². The summed E-state index contributed by atoms with van der Waals surface area (Å²) in [6.07, 6.45) is -0.0943. The topological polar surface area (TPSA) is 66.4 Å². The first kappa shape index (κ1) is 15.2. The molecule has 1 amide bonds. The summed E-state index contributed by atoms with van der Waals surface area (Å²) < 4.78 is 0.872. The van der Waals surface area contributed by atoms with Crippen LogP contribution in [0.4, 0.5) is 0 Å². The van der Waals surface area contributed by atoms with E-state index in [9.17, 15) is 9.59 Å². The molecule has 1 aromatic rings. The van der Waals surface area contributed by atoms with Crippen molar-refractivity contribution in [1.82, 2.24) is 5.32 Å². The number of carbonyl (C=O) groups excluding carboxylic acids is 1. The lowest BCUT2D eigenvalue weighted by molar-refractivity contribution is -0.138. The highest BCUT2D eigenvalue weighted by molar-refractivity contribution is 9.11. The fourth-order valence-electron chi connectivity index (χ4n) is 1.46. The minimum Gasteiger partial charge on any atom is -0.481 e. The lowest BCUT2D eigenvalue weighted by Crippen LogP contribution is -2.51. The van der Waals surface area contributed by atoms with Crippen molar-refractivity contribution in [1.29, 1.82) is 0 Å². The number of amides is 1. The van der Waals surface area contributed by atoms with Crippen molar-refractivity contribution >= 4 is 39.1 Å². The van der Waals surface area contributed by atoms with Gasteiger partial charge in [-0.2, -0.15) is 0 Å². The fourth-order valence-corrected chi connectivity index (χ4v) is 2.75. The maximum absolute atomic E-state index is 12.0. The van der Waals surface area contributed by atoms with Crippen molar-refractivity contribution in [3.8, 4) is 0 Å². The molecule has 1 unspecified atom stereocenters. The van der Waals surface area contributed by atoms with E-state index < -0.39 is 11.5 Å². The van der Waals surface area contributed by atoms with E-state index in [-0.39, 0.29) is 18.2 Å². The molecular formula is C12H16BrNO3S. The highest BCUT2D eigenvalue weighted by Crippen LogP contribution is 2.25. The van der Waals surface area contributed by atoms with Crippen LogP contribution in [0.1, 0.15) is 36.9 Å². The molecule has 2 N–H and O–H groups in total. The van der Waals surface area contributed by atoms with Gasteiger partial charge in [0, 0.05) is 0 Å². The molecule has 0 bridgehead atoms. The van der Waals surface area contributed by atoms with Crippen molar-refractivity contribution < 1.29 is 14.7 Å². The van der Waals surface area contributed by atoms with E-state index in [2.05, 4.69) is 21.2 Å². The molecule has 0 saturated carbocycles.